The first kappa shape index (κ1) is 11.7. The number of carbonyl (C=O) groups excluding carboxylic acids is 1. The van der Waals surface area contributed by atoms with Crippen molar-refractivity contribution in [3.05, 3.63) is 41.0 Å². The van der Waals surface area contributed by atoms with Crippen LogP contribution in [0.5, 0.6) is 0 Å². The molecule has 0 radical (unpaired) electrons. The maximum absolute atomic E-state index is 11.8. The van der Waals surface area contributed by atoms with Gasteiger partial charge in [-0.15, -0.1) is 0 Å². The first-order valence-corrected chi connectivity index (χ1v) is 6.29. The van der Waals surface area contributed by atoms with E-state index in [0.29, 0.717) is 6.54 Å². The van der Waals surface area contributed by atoms with E-state index in [1.807, 2.05) is 29.8 Å². The van der Waals surface area contributed by atoms with Gasteiger partial charge in [-0.2, -0.15) is 11.3 Å². The molecule has 0 aliphatic carbocycles. The van der Waals surface area contributed by atoms with Gasteiger partial charge in [0.15, 0.2) is 0 Å². The van der Waals surface area contributed by atoms with Crippen molar-refractivity contribution in [3.8, 4) is 0 Å². The molecule has 17 heavy (non-hydrogen) atoms. The Bertz CT molecular complexity index is 451. The summed E-state index contributed by atoms with van der Waals surface area (Å²) in [6.45, 7) is 2.25. The topological polar surface area (TPSA) is 54.3 Å². The molecule has 2 rings (SSSR count). The summed E-state index contributed by atoms with van der Waals surface area (Å²) in [4.78, 5) is 11.8. The molecule has 5 heteroatoms. The van der Waals surface area contributed by atoms with E-state index >= 15 is 0 Å². The summed E-state index contributed by atoms with van der Waals surface area (Å²) in [5, 5.41) is 9.86. The molecule has 0 saturated carbocycles. The molecule has 2 heterocycles. The van der Waals surface area contributed by atoms with Crippen LogP contribution in [-0.2, 0) is 11.3 Å². The third-order valence-electron chi connectivity index (χ3n) is 2.31. The molecule has 90 valence electrons. The number of amides is 1. The molecule has 0 bridgehead atoms. The smallest absolute Gasteiger partial charge is 0.242 e. The lowest BCUT2D eigenvalue weighted by Crippen LogP contribution is -2.36. The number of rotatable bonds is 5. The van der Waals surface area contributed by atoms with Crippen molar-refractivity contribution in [2.24, 2.45) is 0 Å². The van der Waals surface area contributed by atoms with Crippen LogP contribution < -0.4 is 10.6 Å². The number of nitrogens with one attached hydrogen (secondary N) is 2. The summed E-state index contributed by atoms with van der Waals surface area (Å²) in [6, 6.07) is 5.31. The third kappa shape index (κ3) is 3.35. The molecule has 0 saturated heterocycles. The highest BCUT2D eigenvalue weighted by Crippen LogP contribution is 2.12. The average molecular weight is 250 g/mol. The Morgan fingerprint density at radius 3 is 3.06 bits per heavy atom. The molecule has 1 unspecified atom stereocenters. The van der Waals surface area contributed by atoms with E-state index in [0.717, 1.165) is 11.4 Å². The normalized spacial score (nSPS) is 12.1. The Morgan fingerprint density at radius 2 is 2.41 bits per heavy atom. The Balaban J connectivity index is 1.79. The van der Waals surface area contributed by atoms with Gasteiger partial charge in [0.2, 0.25) is 5.91 Å². The molecule has 1 amide bonds. The average Bonchev–Trinajstić information content (AvgIpc) is 2.98. The van der Waals surface area contributed by atoms with Crippen molar-refractivity contribution in [1.82, 2.24) is 5.32 Å². The Kier molecular flexibility index (Phi) is 3.82. The highest BCUT2D eigenvalue weighted by Gasteiger charge is 2.12. The molecule has 2 N–H and O–H groups in total. The van der Waals surface area contributed by atoms with Crippen LogP contribution in [0.1, 0.15) is 12.7 Å². The van der Waals surface area contributed by atoms with Crippen LogP contribution in [0.15, 0.2) is 39.6 Å². The summed E-state index contributed by atoms with van der Waals surface area (Å²) >= 11 is 1.60. The molecule has 0 aliphatic heterocycles. The standard InChI is InChI=1S/C12H14N2O2S/c1-9(14-10-4-6-17-8-10)12(15)13-7-11-3-2-5-16-11/h2-6,8-9,14H,7H2,1H3,(H,13,15). The number of furan rings is 1. The van der Waals surface area contributed by atoms with Crippen LogP contribution in [0.25, 0.3) is 0 Å². The number of thiophene rings is 1. The van der Waals surface area contributed by atoms with Gasteiger partial charge in [0, 0.05) is 11.1 Å². The fraction of sp³-hybridized carbons (Fsp3) is 0.250. The van der Waals surface area contributed by atoms with Gasteiger partial charge >= 0.3 is 0 Å². The highest BCUT2D eigenvalue weighted by atomic mass is 32.1. The molecular formula is C12H14N2O2S. The van der Waals surface area contributed by atoms with E-state index in [4.69, 9.17) is 4.42 Å². The zero-order chi connectivity index (χ0) is 12.1. The molecular weight excluding hydrogens is 236 g/mol. The molecule has 2 aromatic heterocycles. The van der Waals surface area contributed by atoms with Gasteiger partial charge in [-0.25, -0.2) is 0 Å². The van der Waals surface area contributed by atoms with Crippen LogP contribution in [0.3, 0.4) is 0 Å². The largest absolute Gasteiger partial charge is 0.467 e. The fourth-order valence-electron chi connectivity index (χ4n) is 1.40. The fourth-order valence-corrected chi connectivity index (χ4v) is 2.00. The number of hydrogen-bond acceptors (Lipinski definition) is 4. The van der Waals surface area contributed by atoms with Gasteiger partial charge in [0.05, 0.1) is 12.8 Å². The maximum Gasteiger partial charge on any atom is 0.242 e. The number of anilines is 1. The lowest BCUT2D eigenvalue weighted by molar-refractivity contribution is -0.121. The van der Waals surface area contributed by atoms with Crippen LogP contribution in [0, 0.1) is 0 Å². The summed E-state index contributed by atoms with van der Waals surface area (Å²) in [5.41, 5.74) is 0.968. The van der Waals surface area contributed by atoms with E-state index in [1.165, 1.54) is 0 Å². The van der Waals surface area contributed by atoms with Crippen LogP contribution >= 0.6 is 11.3 Å². The van der Waals surface area contributed by atoms with E-state index < -0.39 is 0 Å². The van der Waals surface area contributed by atoms with Gasteiger partial charge < -0.3 is 15.1 Å². The maximum atomic E-state index is 11.8. The summed E-state index contributed by atoms with van der Waals surface area (Å²) < 4.78 is 5.14. The molecule has 1 atom stereocenters. The van der Waals surface area contributed by atoms with E-state index in [9.17, 15) is 4.79 Å². The van der Waals surface area contributed by atoms with Gasteiger partial charge in [0.25, 0.3) is 0 Å². The molecule has 4 nitrogen and oxygen atoms in total. The van der Waals surface area contributed by atoms with Crippen molar-refractivity contribution >= 4 is 22.9 Å². The molecule has 0 aromatic carbocycles. The summed E-state index contributed by atoms with van der Waals surface area (Å²) in [5.74, 6) is 0.702. The minimum atomic E-state index is -0.264. The Morgan fingerprint density at radius 1 is 1.53 bits per heavy atom. The van der Waals surface area contributed by atoms with Crippen LogP contribution in [0.4, 0.5) is 5.69 Å². The zero-order valence-electron chi connectivity index (χ0n) is 9.47. The van der Waals surface area contributed by atoms with Crippen molar-refractivity contribution < 1.29 is 9.21 Å². The summed E-state index contributed by atoms with van der Waals surface area (Å²) in [6.07, 6.45) is 1.59. The van der Waals surface area contributed by atoms with Gasteiger partial charge in [-0.1, -0.05) is 0 Å². The Labute approximate surface area is 104 Å². The predicted molar refractivity (Wildman–Crippen MR) is 68.0 cm³/mol. The third-order valence-corrected chi connectivity index (χ3v) is 3.00. The SMILES string of the molecule is CC(Nc1ccsc1)C(=O)NCc1ccco1. The molecule has 2 aromatic rings. The lowest BCUT2D eigenvalue weighted by Gasteiger charge is -2.13. The monoisotopic (exact) mass is 250 g/mol. The van der Waals surface area contributed by atoms with Crippen molar-refractivity contribution in [2.45, 2.75) is 19.5 Å². The second kappa shape index (κ2) is 5.54. The highest BCUT2D eigenvalue weighted by molar-refractivity contribution is 7.08. The van der Waals surface area contributed by atoms with E-state index in [2.05, 4.69) is 10.6 Å². The lowest BCUT2D eigenvalue weighted by atomic mass is 10.3. The summed E-state index contributed by atoms with van der Waals surface area (Å²) in [7, 11) is 0. The quantitative estimate of drug-likeness (QED) is 0.857. The zero-order valence-corrected chi connectivity index (χ0v) is 10.3. The van der Waals surface area contributed by atoms with E-state index in [1.54, 1.807) is 23.7 Å². The number of carbonyl (C=O) groups is 1. The van der Waals surface area contributed by atoms with Gasteiger partial charge in [0.1, 0.15) is 11.8 Å². The van der Waals surface area contributed by atoms with Gasteiger partial charge in [-0.05, 0) is 30.5 Å². The van der Waals surface area contributed by atoms with E-state index in [-0.39, 0.29) is 11.9 Å². The molecule has 0 aliphatic rings. The Hall–Kier alpha value is -1.75. The number of hydrogen-bond donors (Lipinski definition) is 2. The van der Waals surface area contributed by atoms with Crippen molar-refractivity contribution in [2.75, 3.05) is 5.32 Å². The van der Waals surface area contributed by atoms with Crippen LogP contribution in [-0.4, -0.2) is 11.9 Å². The predicted octanol–water partition coefficient (Wildman–Crippen LogP) is 2.46. The second-order valence-electron chi connectivity index (χ2n) is 3.68. The molecule has 0 fully saturated rings. The van der Waals surface area contributed by atoms with Crippen molar-refractivity contribution in [1.29, 1.82) is 0 Å². The molecule has 0 spiro atoms. The minimum absolute atomic E-state index is 0.0485. The van der Waals surface area contributed by atoms with Crippen LogP contribution in [0.2, 0.25) is 0 Å². The van der Waals surface area contributed by atoms with Crippen molar-refractivity contribution in [3.63, 3.8) is 0 Å². The second-order valence-corrected chi connectivity index (χ2v) is 4.46. The first-order chi connectivity index (χ1) is 8.25. The van der Waals surface area contributed by atoms with Gasteiger partial charge in [-0.3, -0.25) is 4.79 Å². The minimum Gasteiger partial charge on any atom is -0.467 e. The first-order valence-electron chi connectivity index (χ1n) is 5.34.